The Morgan fingerprint density at radius 2 is 1.50 bits per heavy atom. The second kappa shape index (κ2) is 7.33. The summed E-state index contributed by atoms with van der Waals surface area (Å²) >= 11 is 12.2. The molecule has 24 heavy (non-hydrogen) atoms. The van der Waals surface area contributed by atoms with Crippen LogP contribution < -0.4 is 0 Å². The highest BCUT2D eigenvalue weighted by Gasteiger charge is 2.29. The molecule has 0 unspecified atom stereocenters. The van der Waals surface area contributed by atoms with E-state index in [9.17, 15) is 9.59 Å². The van der Waals surface area contributed by atoms with Gasteiger partial charge in [-0.05, 0) is 48.6 Å². The minimum atomic E-state index is -0.0879. The molecule has 0 aliphatic heterocycles. The average molecular weight is 359 g/mol. The third-order valence-corrected chi connectivity index (χ3v) is 4.97. The zero-order valence-electron chi connectivity index (χ0n) is 13.0. The molecule has 0 radical (unpaired) electrons. The predicted molar refractivity (Wildman–Crippen MR) is 97.0 cm³/mol. The van der Waals surface area contributed by atoms with Crippen molar-refractivity contribution < 1.29 is 9.59 Å². The molecule has 0 saturated heterocycles. The minimum Gasteiger partial charge on any atom is -0.294 e. The molecule has 0 N–H and O–H groups in total. The molecule has 0 saturated carbocycles. The number of hydrogen-bond acceptors (Lipinski definition) is 2. The number of rotatable bonds is 5. The van der Waals surface area contributed by atoms with Crippen LogP contribution in [-0.4, -0.2) is 11.6 Å². The van der Waals surface area contributed by atoms with E-state index in [-0.39, 0.29) is 23.9 Å². The molecular weight excluding hydrogens is 343 g/mol. The van der Waals surface area contributed by atoms with Gasteiger partial charge in [0.25, 0.3) is 0 Å². The highest BCUT2D eigenvalue weighted by molar-refractivity contribution is 6.35. The van der Waals surface area contributed by atoms with E-state index in [1.54, 1.807) is 48.5 Å². The van der Waals surface area contributed by atoms with Gasteiger partial charge in [-0.3, -0.25) is 9.59 Å². The molecule has 4 heteroatoms. The molecule has 0 aromatic heterocycles. The molecule has 0 fully saturated rings. The lowest BCUT2D eigenvalue weighted by Gasteiger charge is -2.14. The third kappa shape index (κ3) is 3.45. The molecule has 1 atom stereocenters. The summed E-state index contributed by atoms with van der Waals surface area (Å²) in [4.78, 5) is 25.3. The Morgan fingerprint density at radius 3 is 2.12 bits per heavy atom. The molecule has 2 aromatic carbocycles. The average Bonchev–Trinajstić information content (AvgIpc) is 3.03. The number of benzene rings is 2. The van der Waals surface area contributed by atoms with Gasteiger partial charge in [-0.25, -0.2) is 0 Å². The fraction of sp³-hybridized carbons (Fsp3) is 0.200. The van der Waals surface area contributed by atoms with Crippen LogP contribution in [0.15, 0.2) is 60.2 Å². The SMILES string of the molecule is O=C(C[C@H]1CCC=C1C(=O)c1ccccc1Cl)c1ccccc1Cl. The largest absolute Gasteiger partial charge is 0.294 e. The first kappa shape index (κ1) is 16.9. The van der Waals surface area contributed by atoms with E-state index in [0.29, 0.717) is 26.7 Å². The molecule has 0 spiro atoms. The van der Waals surface area contributed by atoms with E-state index in [1.807, 2.05) is 6.08 Å². The molecule has 3 rings (SSSR count). The van der Waals surface area contributed by atoms with Crippen LogP contribution in [0.25, 0.3) is 0 Å². The number of allylic oxidation sites excluding steroid dienone is 2. The van der Waals surface area contributed by atoms with Crippen molar-refractivity contribution in [2.24, 2.45) is 5.92 Å². The van der Waals surface area contributed by atoms with E-state index in [1.165, 1.54) is 0 Å². The second-order valence-electron chi connectivity index (χ2n) is 5.85. The molecule has 1 aliphatic rings. The maximum absolute atomic E-state index is 12.8. The third-order valence-electron chi connectivity index (χ3n) is 4.31. The Labute approximate surface area is 151 Å². The van der Waals surface area contributed by atoms with Crippen LogP contribution in [0.5, 0.6) is 0 Å². The maximum Gasteiger partial charge on any atom is 0.190 e. The topological polar surface area (TPSA) is 34.1 Å². The molecule has 0 bridgehead atoms. The first-order valence-corrected chi connectivity index (χ1v) is 8.60. The normalized spacial score (nSPS) is 16.8. The summed E-state index contributed by atoms with van der Waals surface area (Å²) in [7, 11) is 0. The van der Waals surface area contributed by atoms with E-state index < -0.39 is 0 Å². The van der Waals surface area contributed by atoms with Crippen LogP contribution in [0.1, 0.15) is 40.0 Å². The van der Waals surface area contributed by atoms with Crippen molar-refractivity contribution in [3.8, 4) is 0 Å². The lowest BCUT2D eigenvalue weighted by atomic mass is 9.88. The van der Waals surface area contributed by atoms with Crippen molar-refractivity contribution in [1.29, 1.82) is 0 Å². The fourth-order valence-corrected chi connectivity index (χ4v) is 3.54. The Morgan fingerprint density at radius 1 is 0.917 bits per heavy atom. The minimum absolute atomic E-state index is 0.0367. The Balaban J connectivity index is 1.79. The summed E-state index contributed by atoms with van der Waals surface area (Å²) in [5.74, 6) is -0.210. The second-order valence-corrected chi connectivity index (χ2v) is 6.66. The van der Waals surface area contributed by atoms with Gasteiger partial charge >= 0.3 is 0 Å². The lowest BCUT2D eigenvalue weighted by molar-refractivity contribution is 0.0960. The van der Waals surface area contributed by atoms with Crippen molar-refractivity contribution in [3.05, 3.63) is 81.4 Å². The summed E-state index contributed by atoms with van der Waals surface area (Å²) in [6, 6.07) is 14.0. The van der Waals surface area contributed by atoms with Crippen molar-refractivity contribution in [3.63, 3.8) is 0 Å². The number of ketones is 2. The van der Waals surface area contributed by atoms with Crippen LogP contribution in [0.3, 0.4) is 0 Å². The zero-order valence-corrected chi connectivity index (χ0v) is 14.5. The number of Topliss-reactive ketones (excluding diaryl/α,β-unsaturated/α-hetero) is 2. The molecule has 0 heterocycles. The zero-order chi connectivity index (χ0) is 17.1. The number of halogens is 2. The summed E-state index contributed by atoms with van der Waals surface area (Å²) in [6.07, 6.45) is 3.80. The summed E-state index contributed by atoms with van der Waals surface area (Å²) < 4.78 is 0. The van der Waals surface area contributed by atoms with Crippen LogP contribution in [0.4, 0.5) is 0 Å². The Hall–Kier alpha value is -1.90. The van der Waals surface area contributed by atoms with Gasteiger partial charge in [-0.15, -0.1) is 0 Å². The van der Waals surface area contributed by atoms with Gasteiger partial charge in [0.2, 0.25) is 0 Å². The molecule has 122 valence electrons. The molecule has 2 nitrogen and oxygen atoms in total. The van der Waals surface area contributed by atoms with E-state index in [2.05, 4.69) is 0 Å². The summed E-state index contributed by atoms with van der Waals surface area (Å²) in [6.45, 7) is 0. The van der Waals surface area contributed by atoms with Crippen LogP contribution >= 0.6 is 23.2 Å². The maximum atomic E-state index is 12.8. The molecule has 0 amide bonds. The van der Waals surface area contributed by atoms with Gasteiger partial charge in [-0.1, -0.05) is 53.5 Å². The van der Waals surface area contributed by atoms with Gasteiger partial charge in [0, 0.05) is 17.5 Å². The van der Waals surface area contributed by atoms with E-state index in [4.69, 9.17) is 23.2 Å². The van der Waals surface area contributed by atoms with E-state index >= 15 is 0 Å². The van der Waals surface area contributed by atoms with Crippen molar-refractivity contribution >= 4 is 34.8 Å². The Bertz CT molecular complexity index is 824. The molecular formula is C20H16Cl2O2. The van der Waals surface area contributed by atoms with Gasteiger partial charge in [-0.2, -0.15) is 0 Å². The highest BCUT2D eigenvalue weighted by Crippen LogP contribution is 2.34. The van der Waals surface area contributed by atoms with E-state index in [0.717, 1.165) is 12.8 Å². The van der Waals surface area contributed by atoms with Crippen LogP contribution in [0.2, 0.25) is 10.0 Å². The van der Waals surface area contributed by atoms with Crippen LogP contribution in [0, 0.1) is 5.92 Å². The van der Waals surface area contributed by atoms with Crippen molar-refractivity contribution in [2.45, 2.75) is 19.3 Å². The number of hydrogen-bond donors (Lipinski definition) is 0. The van der Waals surface area contributed by atoms with Crippen LogP contribution in [-0.2, 0) is 0 Å². The predicted octanol–water partition coefficient (Wildman–Crippen LogP) is 5.79. The first-order chi connectivity index (χ1) is 11.6. The molecule has 2 aromatic rings. The van der Waals surface area contributed by atoms with Crippen molar-refractivity contribution in [2.75, 3.05) is 0 Å². The smallest absolute Gasteiger partial charge is 0.190 e. The quantitative estimate of drug-likeness (QED) is 0.634. The van der Waals surface area contributed by atoms with Gasteiger partial charge in [0.1, 0.15) is 0 Å². The standard InChI is InChI=1S/C20H16Cl2O2/c21-17-10-3-1-7-15(17)19(23)12-13-6-5-9-14(13)20(24)16-8-2-4-11-18(16)22/h1-4,7-11,13H,5-6,12H2/t13-/m1/s1. The van der Waals surface area contributed by atoms with Gasteiger partial charge < -0.3 is 0 Å². The van der Waals surface area contributed by atoms with Gasteiger partial charge in [0.05, 0.1) is 10.0 Å². The first-order valence-electron chi connectivity index (χ1n) is 7.85. The Kier molecular flexibility index (Phi) is 5.17. The molecule has 1 aliphatic carbocycles. The number of carbonyl (C=O) groups excluding carboxylic acids is 2. The summed E-state index contributed by atoms with van der Waals surface area (Å²) in [5.41, 5.74) is 1.68. The van der Waals surface area contributed by atoms with Gasteiger partial charge in [0.15, 0.2) is 11.6 Å². The summed E-state index contributed by atoms with van der Waals surface area (Å²) in [5, 5.41) is 0.884. The van der Waals surface area contributed by atoms with Crippen molar-refractivity contribution in [1.82, 2.24) is 0 Å². The monoisotopic (exact) mass is 358 g/mol. The number of carbonyl (C=O) groups is 2. The fourth-order valence-electron chi connectivity index (χ4n) is 3.07. The lowest BCUT2D eigenvalue weighted by Crippen LogP contribution is -2.15. The highest BCUT2D eigenvalue weighted by atomic mass is 35.5.